The largest absolute Gasteiger partial charge is 0.462 e. The summed E-state index contributed by atoms with van der Waals surface area (Å²) < 4.78 is 16.4. The zero-order valence-corrected chi connectivity index (χ0v) is 13.3. The van der Waals surface area contributed by atoms with Gasteiger partial charge in [0.2, 0.25) is 0 Å². The number of carbonyl (C=O) groups is 1. The van der Waals surface area contributed by atoms with Crippen molar-refractivity contribution < 1.29 is 19.0 Å². The van der Waals surface area contributed by atoms with Gasteiger partial charge in [-0.25, -0.2) is 4.79 Å². The molecule has 112 valence electrons. The summed E-state index contributed by atoms with van der Waals surface area (Å²) in [5, 5.41) is 0. The van der Waals surface area contributed by atoms with Gasteiger partial charge in [0, 0.05) is 4.88 Å². The van der Waals surface area contributed by atoms with Crippen molar-refractivity contribution in [2.75, 3.05) is 13.2 Å². The third-order valence-electron chi connectivity index (χ3n) is 3.26. The van der Waals surface area contributed by atoms with E-state index in [0.29, 0.717) is 18.1 Å². The number of esters is 1. The number of carbonyl (C=O) groups excluding carboxylic acids is 1. The highest BCUT2D eigenvalue weighted by Crippen LogP contribution is 2.28. The number of ether oxygens (including phenoxy) is 3. The van der Waals surface area contributed by atoms with E-state index in [4.69, 9.17) is 14.2 Å². The highest BCUT2D eigenvalue weighted by molar-refractivity contribution is 7.14. The molecule has 0 aromatic carbocycles. The zero-order valence-electron chi connectivity index (χ0n) is 12.5. The van der Waals surface area contributed by atoms with Crippen LogP contribution in [-0.4, -0.2) is 31.1 Å². The van der Waals surface area contributed by atoms with Crippen LogP contribution in [0.15, 0.2) is 6.07 Å². The summed E-state index contributed by atoms with van der Waals surface area (Å²) in [5.74, 6) is -0.695. The summed E-state index contributed by atoms with van der Waals surface area (Å²) in [5.41, 5.74) is 1.15. The average molecular weight is 298 g/mol. The van der Waals surface area contributed by atoms with E-state index in [1.54, 1.807) is 0 Å². The van der Waals surface area contributed by atoms with Gasteiger partial charge in [0.25, 0.3) is 0 Å². The lowest BCUT2D eigenvalue weighted by atomic mass is 10.1. The van der Waals surface area contributed by atoms with Crippen molar-refractivity contribution >= 4 is 17.3 Å². The number of hydrogen-bond acceptors (Lipinski definition) is 5. The van der Waals surface area contributed by atoms with Crippen LogP contribution in [0.1, 0.15) is 47.3 Å². The third-order valence-corrected chi connectivity index (χ3v) is 4.53. The number of thiophene rings is 1. The molecule has 0 N–H and O–H groups in total. The molecular weight excluding hydrogens is 276 g/mol. The molecule has 1 aromatic rings. The molecule has 0 spiro atoms. The van der Waals surface area contributed by atoms with Crippen LogP contribution in [0, 0.1) is 6.92 Å². The molecule has 1 fully saturated rings. The number of aryl methyl sites for hydroxylation is 2. The average Bonchev–Trinajstić information content (AvgIpc) is 2.90. The van der Waals surface area contributed by atoms with Crippen molar-refractivity contribution in [1.29, 1.82) is 0 Å². The molecule has 1 saturated heterocycles. The predicted molar refractivity (Wildman–Crippen MR) is 78.2 cm³/mol. The van der Waals surface area contributed by atoms with Crippen LogP contribution in [0.4, 0.5) is 0 Å². The molecule has 0 aliphatic carbocycles. The SMILES string of the molecule is CCOC(=O)c1cc(C)c(CC[C@@H]2COC(C)(C)O2)s1. The molecule has 1 atom stereocenters. The summed E-state index contributed by atoms with van der Waals surface area (Å²) in [4.78, 5) is 13.6. The predicted octanol–water partition coefficient (Wildman–Crippen LogP) is 3.32. The van der Waals surface area contributed by atoms with Crippen molar-refractivity contribution in [2.45, 2.75) is 52.4 Å². The van der Waals surface area contributed by atoms with Crippen LogP contribution < -0.4 is 0 Å². The standard InChI is InChI=1S/C15H22O4S/c1-5-17-14(16)13-8-10(2)12(20-13)7-6-11-9-18-15(3,4)19-11/h8,11H,5-7,9H2,1-4H3/t11-/m1/s1. The van der Waals surface area contributed by atoms with Crippen LogP contribution in [0.25, 0.3) is 0 Å². The topological polar surface area (TPSA) is 44.8 Å². The number of rotatable bonds is 5. The molecular formula is C15H22O4S. The fourth-order valence-electron chi connectivity index (χ4n) is 2.27. The first-order chi connectivity index (χ1) is 9.41. The van der Waals surface area contributed by atoms with E-state index >= 15 is 0 Å². The van der Waals surface area contributed by atoms with Crippen LogP contribution in [0.5, 0.6) is 0 Å². The van der Waals surface area contributed by atoms with Gasteiger partial charge in [-0.2, -0.15) is 0 Å². The maximum atomic E-state index is 11.7. The molecule has 0 amide bonds. The van der Waals surface area contributed by atoms with Gasteiger partial charge in [-0.3, -0.25) is 0 Å². The molecule has 0 unspecified atom stereocenters. The second-order valence-corrected chi connectivity index (χ2v) is 6.56. The Kier molecular flexibility index (Phi) is 4.83. The van der Waals surface area contributed by atoms with Crippen LogP contribution in [0.2, 0.25) is 0 Å². The van der Waals surface area contributed by atoms with Gasteiger partial charge in [0.05, 0.1) is 19.3 Å². The first kappa shape index (κ1) is 15.5. The molecule has 20 heavy (non-hydrogen) atoms. The van der Waals surface area contributed by atoms with Gasteiger partial charge < -0.3 is 14.2 Å². The lowest BCUT2D eigenvalue weighted by Crippen LogP contribution is -2.21. The fraction of sp³-hybridized carbons (Fsp3) is 0.667. The maximum Gasteiger partial charge on any atom is 0.348 e. The van der Waals surface area contributed by atoms with Crippen LogP contribution in [-0.2, 0) is 20.6 Å². The Morgan fingerprint density at radius 1 is 1.55 bits per heavy atom. The summed E-state index contributed by atoms with van der Waals surface area (Å²) in [6.07, 6.45) is 1.95. The van der Waals surface area contributed by atoms with Crippen molar-refractivity contribution in [3.8, 4) is 0 Å². The van der Waals surface area contributed by atoms with Crippen LogP contribution >= 0.6 is 11.3 Å². The maximum absolute atomic E-state index is 11.7. The molecule has 5 heteroatoms. The lowest BCUT2D eigenvalue weighted by Gasteiger charge is -2.16. The smallest absolute Gasteiger partial charge is 0.348 e. The number of hydrogen-bond donors (Lipinski definition) is 0. The molecule has 0 bridgehead atoms. The Labute approximate surface area is 124 Å². The summed E-state index contributed by atoms with van der Waals surface area (Å²) in [6, 6.07) is 1.91. The second-order valence-electron chi connectivity index (χ2n) is 5.43. The first-order valence-electron chi connectivity index (χ1n) is 6.99. The van der Waals surface area contributed by atoms with Gasteiger partial charge in [-0.15, -0.1) is 11.3 Å². The van der Waals surface area contributed by atoms with Crippen molar-refractivity contribution in [2.24, 2.45) is 0 Å². The van der Waals surface area contributed by atoms with Crippen molar-refractivity contribution in [1.82, 2.24) is 0 Å². The Balaban J connectivity index is 1.92. The molecule has 0 saturated carbocycles. The normalized spacial score (nSPS) is 21.1. The molecule has 1 aromatic heterocycles. The molecule has 4 nitrogen and oxygen atoms in total. The van der Waals surface area contributed by atoms with E-state index < -0.39 is 5.79 Å². The second kappa shape index (κ2) is 6.24. The minimum absolute atomic E-state index is 0.137. The minimum Gasteiger partial charge on any atom is -0.462 e. The fourth-order valence-corrected chi connectivity index (χ4v) is 3.35. The highest BCUT2D eigenvalue weighted by atomic mass is 32.1. The Morgan fingerprint density at radius 3 is 2.90 bits per heavy atom. The van der Waals surface area contributed by atoms with Gasteiger partial charge in [-0.1, -0.05) is 0 Å². The molecule has 2 heterocycles. The van der Waals surface area contributed by atoms with E-state index in [1.165, 1.54) is 16.2 Å². The van der Waals surface area contributed by atoms with E-state index in [0.717, 1.165) is 18.4 Å². The lowest BCUT2D eigenvalue weighted by molar-refractivity contribution is -0.138. The van der Waals surface area contributed by atoms with E-state index in [-0.39, 0.29) is 12.1 Å². The molecule has 2 rings (SSSR count). The van der Waals surface area contributed by atoms with Crippen molar-refractivity contribution in [3.63, 3.8) is 0 Å². The van der Waals surface area contributed by atoms with Gasteiger partial charge >= 0.3 is 5.97 Å². The van der Waals surface area contributed by atoms with Gasteiger partial charge in [0.1, 0.15) is 4.88 Å². The van der Waals surface area contributed by atoms with Crippen LogP contribution in [0.3, 0.4) is 0 Å². The molecule has 0 radical (unpaired) electrons. The monoisotopic (exact) mass is 298 g/mol. The summed E-state index contributed by atoms with van der Waals surface area (Å²) >= 11 is 1.52. The third kappa shape index (κ3) is 3.81. The highest BCUT2D eigenvalue weighted by Gasteiger charge is 2.32. The van der Waals surface area contributed by atoms with E-state index in [1.807, 2.05) is 33.8 Å². The Hall–Kier alpha value is -0.910. The van der Waals surface area contributed by atoms with E-state index in [2.05, 4.69) is 0 Å². The quantitative estimate of drug-likeness (QED) is 0.782. The summed E-state index contributed by atoms with van der Waals surface area (Å²) in [7, 11) is 0. The van der Waals surface area contributed by atoms with Crippen molar-refractivity contribution in [3.05, 3.63) is 21.4 Å². The minimum atomic E-state index is -0.467. The zero-order chi connectivity index (χ0) is 14.8. The molecule has 1 aliphatic heterocycles. The Bertz CT molecular complexity index is 478. The Morgan fingerprint density at radius 2 is 2.30 bits per heavy atom. The van der Waals surface area contributed by atoms with E-state index in [9.17, 15) is 4.79 Å². The summed E-state index contributed by atoms with van der Waals surface area (Å²) in [6.45, 7) is 8.77. The van der Waals surface area contributed by atoms with Gasteiger partial charge in [-0.05, 0) is 52.2 Å². The molecule has 1 aliphatic rings. The first-order valence-corrected chi connectivity index (χ1v) is 7.81. The van der Waals surface area contributed by atoms with Gasteiger partial charge in [0.15, 0.2) is 5.79 Å².